The van der Waals surface area contributed by atoms with Gasteiger partial charge < -0.3 is 14.2 Å². The molecule has 0 aliphatic rings. The van der Waals surface area contributed by atoms with Gasteiger partial charge in [-0.15, -0.1) is 0 Å². The Morgan fingerprint density at radius 1 is 0.741 bits per heavy atom. The van der Waals surface area contributed by atoms with E-state index in [0.717, 1.165) is 11.1 Å². The lowest BCUT2D eigenvalue weighted by molar-refractivity contribution is -0.385. The highest BCUT2D eigenvalue weighted by Crippen LogP contribution is 2.23. The molecule has 0 aromatic heterocycles. The van der Waals surface area contributed by atoms with Crippen LogP contribution in [0.1, 0.15) is 23.3 Å². The van der Waals surface area contributed by atoms with E-state index in [1.165, 1.54) is 38.5 Å². The minimum atomic E-state index is -0.463. The van der Waals surface area contributed by atoms with Crippen LogP contribution < -0.4 is 0 Å². The number of hydrogen-bond acceptors (Lipinski definition) is 7. The molecular weight excluding hydrogens is 356 g/mol. The highest BCUT2D eigenvalue weighted by molar-refractivity contribution is 5.34. The van der Waals surface area contributed by atoms with Gasteiger partial charge in [-0.2, -0.15) is 0 Å². The van der Waals surface area contributed by atoms with Crippen molar-refractivity contribution >= 4 is 11.4 Å². The normalized spacial score (nSPS) is 13.1. The van der Waals surface area contributed by atoms with E-state index in [0.29, 0.717) is 0 Å². The summed E-state index contributed by atoms with van der Waals surface area (Å²) in [6, 6.07) is 12.2. The van der Waals surface area contributed by atoms with Gasteiger partial charge in [0, 0.05) is 38.5 Å². The molecule has 0 heterocycles. The van der Waals surface area contributed by atoms with E-state index in [1.54, 1.807) is 24.3 Å². The van der Waals surface area contributed by atoms with Gasteiger partial charge in [0.15, 0.2) is 0 Å². The molecule has 0 spiro atoms. The van der Waals surface area contributed by atoms with Crippen LogP contribution in [-0.2, 0) is 14.2 Å². The van der Waals surface area contributed by atoms with Gasteiger partial charge in [-0.1, -0.05) is 0 Å². The zero-order chi connectivity index (χ0) is 19.8. The van der Waals surface area contributed by atoms with Gasteiger partial charge in [0.05, 0.1) is 23.1 Å². The largest absolute Gasteiger partial charge is 0.375 e. The van der Waals surface area contributed by atoms with Crippen molar-refractivity contribution in [1.82, 2.24) is 0 Å². The lowest BCUT2D eigenvalue weighted by atomic mass is 10.1. The van der Waals surface area contributed by atoms with Crippen molar-refractivity contribution in [1.29, 1.82) is 0 Å². The Labute approximate surface area is 155 Å². The second kappa shape index (κ2) is 9.72. The van der Waals surface area contributed by atoms with Crippen LogP contribution in [0.25, 0.3) is 0 Å². The Morgan fingerprint density at radius 3 is 1.33 bits per heavy atom. The molecule has 0 saturated carbocycles. The summed E-state index contributed by atoms with van der Waals surface area (Å²) in [5.74, 6) is 0. The smallest absolute Gasteiger partial charge is 0.269 e. The second-order valence-corrected chi connectivity index (χ2v) is 5.68. The average molecular weight is 376 g/mol. The lowest BCUT2D eigenvalue weighted by Gasteiger charge is -2.19. The van der Waals surface area contributed by atoms with Gasteiger partial charge in [0.25, 0.3) is 11.4 Å². The quantitative estimate of drug-likeness (QED) is 0.460. The molecular formula is C18H20N2O7. The molecule has 0 N–H and O–H groups in total. The van der Waals surface area contributed by atoms with E-state index in [-0.39, 0.29) is 36.8 Å². The molecule has 0 radical (unpaired) electrons. The number of nitro groups is 2. The molecule has 9 heteroatoms. The van der Waals surface area contributed by atoms with Gasteiger partial charge in [0.1, 0.15) is 12.2 Å². The number of rotatable bonds is 10. The number of benzene rings is 2. The van der Waals surface area contributed by atoms with Crippen molar-refractivity contribution < 1.29 is 24.1 Å². The summed E-state index contributed by atoms with van der Waals surface area (Å²) >= 11 is 0. The number of nitrogens with zero attached hydrogens (tertiary/aromatic N) is 2. The molecule has 2 atom stereocenters. The van der Waals surface area contributed by atoms with Crippen LogP contribution in [0.15, 0.2) is 48.5 Å². The first-order valence-electron chi connectivity index (χ1n) is 8.08. The summed E-state index contributed by atoms with van der Waals surface area (Å²) in [5, 5.41) is 21.4. The number of hydrogen-bond donors (Lipinski definition) is 0. The van der Waals surface area contributed by atoms with Gasteiger partial charge in [-0.3, -0.25) is 20.2 Å². The van der Waals surface area contributed by atoms with Crippen molar-refractivity contribution in [2.24, 2.45) is 0 Å². The fourth-order valence-electron chi connectivity index (χ4n) is 2.50. The Hall–Kier alpha value is -2.88. The number of methoxy groups -OCH3 is 2. The Morgan fingerprint density at radius 2 is 1.07 bits per heavy atom. The maximum atomic E-state index is 10.7. The van der Waals surface area contributed by atoms with E-state index >= 15 is 0 Å². The van der Waals surface area contributed by atoms with E-state index in [2.05, 4.69) is 0 Å². The first kappa shape index (κ1) is 20.4. The molecule has 0 bridgehead atoms. The van der Waals surface area contributed by atoms with Crippen LogP contribution in [0.3, 0.4) is 0 Å². The van der Waals surface area contributed by atoms with Gasteiger partial charge in [0.2, 0.25) is 0 Å². The van der Waals surface area contributed by atoms with E-state index in [9.17, 15) is 20.2 Å². The molecule has 2 rings (SSSR count). The molecule has 2 aromatic carbocycles. The van der Waals surface area contributed by atoms with Crippen LogP contribution in [0.2, 0.25) is 0 Å². The SMILES string of the molecule is CO[C@H](COC[C@@H](OC)c1ccc([N+](=O)[O-])cc1)c1ccc([N+](=O)[O-])cc1. The van der Waals surface area contributed by atoms with Crippen LogP contribution >= 0.6 is 0 Å². The predicted octanol–water partition coefficient (Wildman–Crippen LogP) is 3.59. The van der Waals surface area contributed by atoms with E-state index in [1.807, 2.05) is 0 Å². The van der Waals surface area contributed by atoms with Crippen LogP contribution in [-0.4, -0.2) is 37.3 Å². The highest BCUT2D eigenvalue weighted by Gasteiger charge is 2.16. The van der Waals surface area contributed by atoms with E-state index in [4.69, 9.17) is 14.2 Å². The fraction of sp³-hybridized carbons (Fsp3) is 0.333. The molecule has 2 aromatic rings. The molecule has 0 fully saturated rings. The monoisotopic (exact) mass is 376 g/mol. The molecule has 0 aliphatic carbocycles. The maximum absolute atomic E-state index is 10.7. The second-order valence-electron chi connectivity index (χ2n) is 5.68. The summed E-state index contributed by atoms with van der Waals surface area (Å²) in [6.07, 6.45) is -0.777. The summed E-state index contributed by atoms with van der Waals surface area (Å²) in [7, 11) is 3.05. The molecule has 0 amide bonds. The Bertz CT molecular complexity index is 697. The van der Waals surface area contributed by atoms with Gasteiger partial charge >= 0.3 is 0 Å². The third-order valence-electron chi connectivity index (χ3n) is 4.06. The Kier molecular flexibility index (Phi) is 7.35. The molecule has 0 unspecified atom stereocenters. The highest BCUT2D eigenvalue weighted by atomic mass is 16.6. The zero-order valence-electron chi connectivity index (χ0n) is 14.9. The molecule has 0 aliphatic heterocycles. The lowest BCUT2D eigenvalue weighted by Crippen LogP contribution is -2.15. The van der Waals surface area contributed by atoms with Crippen LogP contribution in [0.5, 0.6) is 0 Å². The molecule has 144 valence electrons. The van der Waals surface area contributed by atoms with Crippen molar-refractivity contribution in [2.45, 2.75) is 12.2 Å². The van der Waals surface area contributed by atoms with Crippen molar-refractivity contribution in [3.8, 4) is 0 Å². The fourth-order valence-corrected chi connectivity index (χ4v) is 2.50. The third kappa shape index (κ3) is 5.55. The third-order valence-corrected chi connectivity index (χ3v) is 4.06. The topological polar surface area (TPSA) is 114 Å². The zero-order valence-corrected chi connectivity index (χ0v) is 14.9. The standard InChI is InChI=1S/C18H20N2O7/c1-25-17(13-3-7-15(8-4-13)19(21)22)11-27-12-18(26-2)14-5-9-16(10-6-14)20(23)24/h3-10,17-18H,11-12H2,1-2H3/t17-,18-/m1/s1. The van der Waals surface area contributed by atoms with Crippen molar-refractivity contribution in [3.05, 3.63) is 79.9 Å². The molecule has 27 heavy (non-hydrogen) atoms. The van der Waals surface area contributed by atoms with Gasteiger partial charge in [-0.05, 0) is 35.4 Å². The predicted molar refractivity (Wildman–Crippen MR) is 96.5 cm³/mol. The summed E-state index contributed by atoms with van der Waals surface area (Å²) in [4.78, 5) is 20.5. The average Bonchev–Trinajstić information content (AvgIpc) is 2.68. The maximum Gasteiger partial charge on any atom is 0.269 e. The van der Waals surface area contributed by atoms with E-state index < -0.39 is 9.85 Å². The number of nitro benzene ring substituents is 2. The minimum absolute atomic E-state index is 0.00661. The first-order chi connectivity index (χ1) is 13.0. The summed E-state index contributed by atoms with van der Waals surface area (Å²) in [5.41, 5.74) is 1.53. The minimum Gasteiger partial charge on any atom is -0.375 e. The Balaban J connectivity index is 1.94. The number of non-ortho nitro benzene ring substituents is 2. The van der Waals surface area contributed by atoms with Gasteiger partial charge in [-0.25, -0.2) is 0 Å². The molecule has 0 saturated heterocycles. The van der Waals surface area contributed by atoms with Crippen molar-refractivity contribution in [2.75, 3.05) is 27.4 Å². The first-order valence-corrected chi connectivity index (χ1v) is 8.08. The molecule has 9 nitrogen and oxygen atoms in total. The van der Waals surface area contributed by atoms with Crippen LogP contribution in [0.4, 0.5) is 11.4 Å². The summed E-state index contributed by atoms with van der Waals surface area (Å²) in [6.45, 7) is 0.447. The number of ether oxygens (including phenoxy) is 3. The summed E-state index contributed by atoms with van der Waals surface area (Å²) < 4.78 is 16.5. The van der Waals surface area contributed by atoms with Crippen molar-refractivity contribution in [3.63, 3.8) is 0 Å². The van der Waals surface area contributed by atoms with Crippen LogP contribution in [0, 0.1) is 20.2 Å².